The summed E-state index contributed by atoms with van der Waals surface area (Å²) in [6.07, 6.45) is 0. The van der Waals surface area contributed by atoms with Crippen LogP contribution in [0.25, 0.3) is 11.0 Å². The molecule has 1 aromatic carbocycles. The van der Waals surface area contributed by atoms with Crippen molar-refractivity contribution in [1.82, 2.24) is 0 Å². The third kappa shape index (κ3) is 0.983. The molecule has 4 nitrogen and oxygen atoms in total. The zero-order valence-electron chi connectivity index (χ0n) is 6.61. The summed E-state index contributed by atoms with van der Waals surface area (Å²) in [5.41, 5.74) is 6.22. The van der Waals surface area contributed by atoms with Crippen LogP contribution in [0.2, 0.25) is 0 Å². The van der Waals surface area contributed by atoms with Gasteiger partial charge in [0.2, 0.25) is 5.88 Å². The Morgan fingerprint density at radius 1 is 1.46 bits per heavy atom. The van der Waals surface area contributed by atoms with Gasteiger partial charge in [0.15, 0.2) is 0 Å². The summed E-state index contributed by atoms with van der Waals surface area (Å²) in [5, 5.41) is 18.4. The van der Waals surface area contributed by atoms with Crippen LogP contribution in [0.15, 0.2) is 22.6 Å². The maximum Gasteiger partial charge on any atom is 0.209 e. The first kappa shape index (κ1) is 7.50. The van der Waals surface area contributed by atoms with Crippen LogP contribution in [0, 0.1) is 11.3 Å². The Kier molecular flexibility index (Phi) is 1.40. The van der Waals surface area contributed by atoms with Crippen molar-refractivity contribution >= 4 is 16.9 Å². The minimum atomic E-state index is 0.0862. The molecule has 0 radical (unpaired) electrons. The molecule has 1 heterocycles. The van der Waals surface area contributed by atoms with Crippen LogP contribution in [0.5, 0.6) is 5.75 Å². The van der Waals surface area contributed by atoms with E-state index in [1.165, 1.54) is 12.1 Å². The molecule has 2 rings (SSSR count). The molecular formula is C9H6N2O2. The van der Waals surface area contributed by atoms with Crippen molar-refractivity contribution in [3.8, 4) is 11.8 Å². The van der Waals surface area contributed by atoms with Gasteiger partial charge in [0.05, 0.1) is 0 Å². The van der Waals surface area contributed by atoms with Gasteiger partial charge in [-0.3, -0.25) is 0 Å². The number of benzene rings is 1. The fraction of sp³-hybridized carbons (Fsp3) is 0. The third-order valence-corrected chi connectivity index (χ3v) is 1.81. The predicted octanol–water partition coefficient (Wildman–Crippen LogP) is 1.59. The van der Waals surface area contributed by atoms with Gasteiger partial charge in [-0.25, -0.2) is 0 Å². The number of phenols is 1. The van der Waals surface area contributed by atoms with Gasteiger partial charge in [-0.2, -0.15) is 5.26 Å². The molecule has 4 heteroatoms. The highest BCUT2D eigenvalue weighted by Crippen LogP contribution is 2.29. The number of aromatic hydroxyl groups is 1. The molecular weight excluding hydrogens is 168 g/mol. The van der Waals surface area contributed by atoms with E-state index in [4.69, 9.17) is 20.5 Å². The number of furan rings is 1. The maximum atomic E-state index is 9.17. The highest BCUT2D eigenvalue weighted by atomic mass is 16.3. The van der Waals surface area contributed by atoms with Gasteiger partial charge in [-0.15, -0.1) is 0 Å². The lowest BCUT2D eigenvalue weighted by atomic mass is 10.2. The summed E-state index contributed by atoms with van der Waals surface area (Å²) < 4.78 is 5.09. The summed E-state index contributed by atoms with van der Waals surface area (Å²) in [6.45, 7) is 0. The normalized spacial score (nSPS) is 10.1. The van der Waals surface area contributed by atoms with Crippen molar-refractivity contribution in [3.05, 3.63) is 23.8 Å². The second-order valence-electron chi connectivity index (χ2n) is 2.63. The molecule has 0 fully saturated rings. The number of rotatable bonds is 0. The van der Waals surface area contributed by atoms with Crippen LogP contribution in [-0.2, 0) is 0 Å². The number of anilines is 1. The SMILES string of the molecule is N#Cc1c(N)oc2ccc(O)cc12. The second-order valence-corrected chi connectivity index (χ2v) is 2.63. The summed E-state index contributed by atoms with van der Waals surface area (Å²) in [7, 11) is 0. The summed E-state index contributed by atoms with van der Waals surface area (Å²) in [5.74, 6) is 0.174. The molecule has 0 saturated heterocycles. The van der Waals surface area contributed by atoms with Crippen LogP contribution < -0.4 is 5.73 Å². The average Bonchev–Trinajstić information content (AvgIpc) is 2.40. The minimum Gasteiger partial charge on any atom is -0.508 e. The van der Waals surface area contributed by atoms with Crippen molar-refractivity contribution in [2.75, 3.05) is 5.73 Å². The minimum absolute atomic E-state index is 0.0862. The summed E-state index contributed by atoms with van der Waals surface area (Å²) in [4.78, 5) is 0. The van der Waals surface area contributed by atoms with Gasteiger partial charge in [0.1, 0.15) is 23.0 Å². The van der Waals surface area contributed by atoms with E-state index in [0.717, 1.165) is 0 Å². The molecule has 2 aromatic rings. The molecule has 0 bridgehead atoms. The Morgan fingerprint density at radius 3 is 2.92 bits per heavy atom. The first-order valence-corrected chi connectivity index (χ1v) is 3.63. The van der Waals surface area contributed by atoms with E-state index in [2.05, 4.69) is 0 Å². The number of nitrogens with two attached hydrogens (primary N) is 1. The quantitative estimate of drug-likeness (QED) is 0.635. The molecule has 0 spiro atoms. The van der Waals surface area contributed by atoms with E-state index < -0.39 is 0 Å². The van der Waals surface area contributed by atoms with E-state index >= 15 is 0 Å². The molecule has 13 heavy (non-hydrogen) atoms. The fourth-order valence-corrected chi connectivity index (χ4v) is 1.22. The highest BCUT2D eigenvalue weighted by molar-refractivity contribution is 5.89. The largest absolute Gasteiger partial charge is 0.508 e. The van der Waals surface area contributed by atoms with Crippen LogP contribution in [-0.4, -0.2) is 5.11 Å². The van der Waals surface area contributed by atoms with E-state index in [1.54, 1.807) is 6.07 Å². The molecule has 3 N–H and O–H groups in total. The van der Waals surface area contributed by atoms with Gasteiger partial charge >= 0.3 is 0 Å². The van der Waals surface area contributed by atoms with Crippen molar-refractivity contribution in [2.45, 2.75) is 0 Å². The molecule has 0 saturated carbocycles. The Labute approximate surface area is 73.8 Å². The monoisotopic (exact) mass is 174 g/mol. The van der Waals surface area contributed by atoms with Gasteiger partial charge in [-0.1, -0.05) is 0 Å². The van der Waals surface area contributed by atoms with Gasteiger partial charge in [-0.05, 0) is 18.2 Å². The lowest BCUT2D eigenvalue weighted by molar-refractivity contribution is 0.476. The smallest absolute Gasteiger partial charge is 0.209 e. The fourth-order valence-electron chi connectivity index (χ4n) is 1.22. The molecule has 64 valence electrons. The number of hydrogen-bond donors (Lipinski definition) is 2. The molecule has 0 amide bonds. The van der Waals surface area contributed by atoms with E-state index in [0.29, 0.717) is 11.0 Å². The molecule has 1 aromatic heterocycles. The number of hydrogen-bond acceptors (Lipinski definition) is 4. The molecule has 0 aliphatic rings. The number of phenolic OH excluding ortho intramolecular Hbond substituents is 1. The number of nitrogen functional groups attached to an aromatic ring is 1. The predicted molar refractivity (Wildman–Crippen MR) is 47.0 cm³/mol. The molecule has 0 atom stereocenters. The average molecular weight is 174 g/mol. The first-order valence-electron chi connectivity index (χ1n) is 3.63. The summed E-state index contributed by atoms with van der Waals surface area (Å²) in [6, 6.07) is 6.42. The van der Waals surface area contributed by atoms with Crippen LogP contribution >= 0.6 is 0 Å². The zero-order valence-corrected chi connectivity index (χ0v) is 6.61. The Hall–Kier alpha value is -2.15. The van der Waals surface area contributed by atoms with Crippen LogP contribution in [0.4, 0.5) is 5.88 Å². The number of fused-ring (bicyclic) bond motifs is 1. The van der Waals surface area contributed by atoms with Crippen molar-refractivity contribution in [1.29, 1.82) is 5.26 Å². The van der Waals surface area contributed by atoms with Gasteiger partial charge in [0.25, 0.3) is 0 Å². The Bertz CT molecular complexity index is 508. The standard InChI is InChI=1S/C9H6N2O2/c10-4-7-6-3-5(12)1-2-8(6)13-9(7)11/h1-3,12H,11H2. The number of nitriles is 1. The zero-order chi connectivity index (χ0) is 9.42. The lowest BCUT2D eigenvalue weighted by Gasteiger charge is -1.89. The number of nitrogens with zero attached hydrogens (tertiary/aromatic N) is 1. The second kappa shape index (κ2) is 2.42. The van der Waals surface area contributed by atoms with E-state index in [-0.39, 0.29) is 17.2 Å². The third-order valence-electron chi connectivity index (χ3n) is 1.81. The van der Waals surface area contributed by atoms with E-state index in [9.17, 15) is 0 Å². The maximum absolute atomic E-state index is 9.17. The first-order chi connectivity index (χ1) is 6.22. The molecule has 0 unspecified atom stereocenters. The Balaban J connectivity index is 2.91. The van der Waals surface area contributed by atoms with Crippen molar-refractivity contribution in [2.24, 2.45) is 0 Å². The van der Waals surface area contributed by atoms with Crippen molar-refractivity contribution in [3.63, 3.8) is 0 Å². The van der Waals surface area contributed by atoms with Crippen molar-refractivity contribution < 1.29 is 9.52 Å². The molecule has 0 aliphatic heterocycles. The van der Waals surface area contributed by atoms with Crippen LogP contribution in [0.1, 0.15) is 5.56 Å². The molecule has 0 aliphatic carbocycles. The lowest BCUT2D eigenvalue weighted by Crippen LogP contribution is -1.82. The Morgan fingerprint density at radius 2 is 2.23 bits per heavy atom. The topological polar surface area (TPSA) is 83.2 Å². The van der Waals surface area contributed by atoms with E-state index in [1.807, 2.05) is 6.07 Å². The summed E-state index contributed by atoms with van der Waals surface area (Å²) >= 11 is 0. The van der Waals surface area contributed by atoms with Crippen LogP contribution in [0.3, 0.4) is 0 Å². The highest BCUT2D eigenvalue weighted by Gasteiger charge is 2.10. The van der Waals surface area contributed by atoms with Gasteiger partial charge in [0, 0.05) is 5.39 Å². The van der Waals surface area contributed by atoms with Gasteiger partial charge < -0.3 is 15.3 Å².